The topological polar surface area (TPSA) is 89.5 Å². The SMILES string of the molecule is CNc1nc(SC(C)C(=O)OC)nc(N2CCOCC2)n1. The molecule has 116 valence electrons. The number of aromatic nitrogens is 3. The van der Waals surface area contributed by atoms with Gasteiger partial charge in [-0.1, -0.05) is 11.8 Å². The number of rotatable bonds is 5. The van der Waals surface area contributed by atoms with Gasteiger partial charge in [-0.05, 0) is 6.92 Å². The van der Waals surface area contributed by atoms with Gasteiger partial charge < -0.3 is 19.7 Å². The molecule has 0 radical (unpaired) electrons. The summed E-state index contributed by atoms with van der Waals surface area (Å²) in [7, 11) is 3.11. The molecule has 0 amide bonds. The van der Waals surface area contributed by atoms with Gasteiger partial charge in [-0.25, -0.2) is 0 Å². The minimum atomic E-state index is -0.375. The summed E-state index contributed by atoms with van der Waals surface area (Å²) < 4.78 is 10.0. The fraction of sp³-hybridized carbons (Fsp3) is 0.667. The predicted molar refractivity (Wildman–Crippen MR) is 79.7 cm³/mol. The molecule has 1 fully saturated rings. The van der Waals surface area contributed by atoms with Crippen molar-refractivity contribution in [3.05, 3.63) is 0 Å². The highest BCUT2D eigenvalue weighted by Crippen LogP contribution is 2.23. The van der Waals surface area contributed by atoms with E-state index in [4.69, 9.17) is 9.47 Å². The molecule has 1 aliphatic rings. The van der Waals surface area contributed by atoms with Crippen LogP contribution in [-0.2, 0) is 14.3 Å². The Bertz CT molecular complexity index is 496. The van der Waals surface area contributed by atoms with Crippen molar-refractivity contribution in [1.82, 2.24) is 15.0 Å². The monoisotopic (exact) mass is 313 g/mol. The lowest BCUT2D eigenvalue weighted by molar-refractivity contribution is -0.139. The first-order chi connectivity index (χ1) is 10.1. The van der Waals surface area contributed by atoms with Crippen LogP contribution in [0.2, 0.25) is 0 Å². The summed E-state index contributed by atoms with van der Waals surface area (Å²) in [6, 6.07) is 0. The lowest BCUT2D eigenvalue weighted by Crippen LogP contribution is -2.37. The second-order valence-electron chi connectivity index (χ2n) is 4.37. The van der Waals surface area contributed by atoms with E-state index in [1.54, 1.807) is 14.0 Å². The fourth-order valence-corrected chi connectivity index (χ4v) is 2.57. The van der Waals surface area contributed by atoms with Crippen molar-refractivity contribution in [2.75, 3.05) is 50.7 Å². The van der Waals surface area contributed by atoms with Crippen LogP contribution in [0, 0.1) is 0 Å². The number of ether oxygens (including phenoxy) is 2. The van der Waals surface area contributed by atoms with Crippen molar-refractivity contribution in [3.8, 4) is 0 Å². The molecule has 0 aliphatic carbocycles. The molecular formula is C12H19N5O3S. The van der Waals surface area contributed by atoms with Crippen LogP contribution in [0.4, 0.5) is 11.9 Å². The van der Waals surface area contributed by atoms with Crippen molar-refractivity contribution in [2.45, 2.75) is 17.3 Å². The van der Waals surface area contributed by atoms with Gasteiger partial charge in [-0.3, -0.25) is 4.79 Å². The number of nitrogens with zero attached hydrogens (tertiary/aromatic N) is 4. The molecule has 1 saturated heterocycles. The molecule has 2 rings (SSSR count). The molecule has 0 spiro atoms. The van der Waals surface area contributed by atoms with E-state index in [0.717, 1.165) is 13.1 Å². The molecule has 1 aromatic heterocycles. The van der Waals surface area contributed by atoms with Gasteiger partial charge in [0.15, 0.2) is 5.16 Å². The van der Waals surface area contributed by atoms with Gasteiger partial charge >= 0.3 is 5.97 Å². The van der Waals surface area contributed by atoms with Crippen LogP contribution in [0.15, 0.2) is 5.16 Å². The molecule has 0 saturated carbocycles. The molecule has 1 aromatic rings. The van der Waals surface area contributed by atoms with Gasteiger partial charge in [-0.2, -0.15) is 15.0 Å². The average Bonchev–Trinajstić information content (AvgIpc) is 2.54. The Balaban J connectivity index is 2.18. The molecule has 21 heavy (non-hydrogen) atoms. The number of nitrogens with one attached hydrogen (secondary N) is 1. The van der Waals surface area contributed by atoms with Gasteiger partial charge in [0.05, 0.1) is 20.3 Å². The number of carbonyl (C=O) groups is 1. The largest absolute Gasteiger partial charge is 0.468 e. The molecule has 1 N–H and O–H groups in total. The van der Waals surface area contributed by atoms with Crippen LogP contribution >= 0.6 is 11.8 Å². The van der Waals surface area contributed by atoms with Crippen LogP contribution in [0.3, 0.4) is 0 Å². The maximum Gasteiger partial charge on any atom is 0.318 e. The standard InChI is InChI=1S/C12H19N5O3S/c1-8(9(18)19-3)21-12-15-10(13-2)14-11(16-12)17-4-6-20-7-5-17/h8H,4-7H2,1-3H3,(H,13,14,15,16). The smallest absolute Gasteiger partial charge is 0.318 e. The highest BCUT2D eigenvalue weighted by atomic mass is 32.2. The molecule has 8 nitrogen and oxygen atoms in total. The van der Waals surface area contributed by atoms with Crippen LogP contribution in [0.1, 0.15) is 6.92 Å². The summed E-state index contributed by atoms with van der Waals surface area (Å²) in [5.74, 6) is 0.766. The molecule has 0 aromatic carbocycles. The summed E-state index contributed by atoms with van der Waals surface area (Å²) in [6.45, 7) is 4.55. The van der Waals surface area contributed by atoms with E-state index in [1.807, 2.05) is 4.90 Å². The Hall–Kier alpha value is -1.61. The summed E-state index contributed by atoms with van der Waals surface area (Å²) in [4.78, 5) is 26.6. The Labute approximate surface area is 127 Å². The van der Waals surface area contributed by atoms with Crippen LogP contribution < -0.4 is 10.2 Å². The zero-order chi connectivity index (χ0) is 15.2. The number of morpholine rings is 1. The molecule has 1 atom stereocenters. The normalized spacial score (nSPS) is 16.4. The van der Waals surface area contributed by atoms with E-state index in [9.17, 15) is 4.79 Å². The minimum absolute atomic E-state index is 0.306. The predicted octanol–water partition coefficient (Wildman–Crippen LogP) is 0.403. The maximum absolute atomic E-state index is 11.5. The molecule has 1 unspecified atom stereocenters. The van der Waals surface area contributed by atoms with Crippen LogP contribution in [-0.4, -0.2) is 66.6 Å². The quantitative estimate of drug-likeness (QED) is 0.613. The Morgan fingerprint density at radius 3 is 2.71 bits per heavy atom. The third kappa shape index (κ3) is 4.18. The van der Waals surface area contributed by atoms with Crippen LogP contribution in [0.25, 0.3) is 0 Å². The zero-order valence-electron chi connectivity index (χ0n) is 12.3. The number of carbonyl (C=O) groups excluding carboxylic acids is 1. The second kappa shape index (κ2) is 7.41. The summed E-state index contributed by atoms with van der Waals surface area (Å²) in [5.41, 5.74) is 0. The Morgan fingerprint density at radius 2 is 2.10 bits per heavy atom. The van der Waals surface area contributed by atoms with E-state index in [1.165, 1.54) is 18.9 Å². The molecule has 2 heterocycles. The van der Waals surface area contributed by atoms with Gasteiger partial charge in [0.25, 0.3) is 0 Å². The number of hydrogen-bond acceptors (Lipinski definition) is 9. The third-order valence-corrected chi connectivity index (χ3v) is 3.88. The van der Waals surface area contributed by atoms with Gasteiger partial charge in [0.2, 0.25) is 11.9 Å². The molecule has 1 aliphatic heterocycles. The summed E-state index contributed by atoms with van der Waals surface area (Å²) in [6.07, 6.45) is 0. The Kier molecular flexibility index (Phi) is 5.57. The fourth-order valence-electron chi connectivity index (χ4n) is 1.79. The van der Waals surface area contributed by atoms with E-state index in [2.05, 4.69) is 20.3 Å². The first kappa shape index (κ1) is 15.8. The first-order valence-corrected chi connectivity index (χ1v) is 7.53. The van der Waals surface area contributed by atoms with Crippen molar-refractivity contribution >= 4 is 29.6 Å². The zero-order valence-corrected chi connectivity index (χ0v) is 13.1. The number of methoxy groups -OCH3 is 1. The lowest BCUT2D eigenvalue weighted by atomic mass is 10.4. The lowest BCUT2D eigenvalue weighted by Gasteiger charge is -2.27. The van der Waals surface area contributed by atoms with Crippen molar-refractivity contribution < 1.29 is 14.3 Å². The molecular weight excluding hydrogens is 294 g/mol. The van der Waals surface area contributed by atoms with E-state index in [-0.39, 0.29) is 11.2 Å². The van der Waals surface area contributed by atoms with Crippen molar-refractivity contribution in [1.29, 1.82) is 0 Å². The average molecular weight is 313 g/mol. The van der Waals surface area contributed by atoms with Crippen molar-refractivity contribution in [2.24, 2.45) is 0 Å². The maximum atomic E-state index is 11.5. The molecule has 0 bridgehead atoms. The third-order valence-electron chi connectivity index (χ3n) is 2.94. The molecule has 9 heteroatoms. The number of anilines is 2. The highest BCUT2D eigenvalue weighted by molar-refractivity contribution is 8.00. The van der Waals surface area contributed by atoms with Gasteiger partial charge in [0.1, 0.15) is 5.25 Å². The minimum Gasteiger partial charge on any atom is -0.468 e. The first-order valence-electron chi connectivity index (χ1n) is 6.65. The van der Waals surface area contributed by atoms with Gasteiger partial charge in [0, 0.05) is 20.1 Å². The highest BCUT2D eigenvalue weighted by Gasteiger charge is 2.20. The van der Waals surface area contributed by atoms with E-state index in [0.29, 0.717) is 30.3 Å². The second-order valence-corrected chi connectivity index (χ2v) is 5.68. The Morgan fingerprint density at radius 1 is 1.38 bits per heavy atom. The number of thioether (sulfide) groups is 1. The number of hydrogen-bond donors (Lipinski definition) is 1. The van der Waals surface area contributed by atoms with E-state index < -0.39 is 0 Å². The summed E-state index contributed by atoms with van der Waals surface area (Å²) in [5, 5.41) is 3.03. The van der Waals surface area contributed by atoms with E-state index >= 15 is 0 Å². The summed E-state index contributed by atoms with van der Waals surface area (Å²) >= 11 is 1.25. The van der Waals surface area contributed by atoms with Crippen LogP contribution in [0.5, 0.6) is 0 Å². The number of esters is 1. The van der Waals surface area contributed by atoms with Gasteiger partial charge in [-0.15, -0.1) is 0 Å². The van der Waals surface area contributed by atoms with Crippen molar-refractivity contribution in [3.63, 3.8) is 0 Å².